The van der Waals surface area contributed by atoms with Gasteiger partial charge in [-0.05, 0) is 19.1 Å². The first-order chi connectivity index (χ1) is 8.15. The van der Waals surface area contributed by atoms with Gasteiger partial charge >= 0.3 is 11.6 Å². The van der Waals surface area contributed by atoms with E-state index in [1.807, 2.05) is 0 Å². The molecule has 0 aromatic heterocycles. The van der Waals surface area contributed by atoms with Crippen LogP contribution in [0.4, 0.5) is 0 Å². The van der Waals surface area contributed by atoms with Gasteiger partial charge in [0.2, 0.25) is 0 Å². The Bertz CT molecular complexity index is 590. The third kappa shape index (κ3) is 2.48. The van der Waals surface area contributed by atoms with Crippen LogP contribution in [0.1, 0.15) is 17.3 Å². The van der Waals surface area contributed by atoms with Gasteiger partial charge in [0.05, 0.1) is 6.61 Å². The molecule has 0 saturated heterocycles. The molecule has 6 heteroatoms. The monoisotopic (exact) mass is 341 g/mol. The van der Waals surface area contributed by atoms with E-state index in [-0.39, 0.29) is 51.6 Å². The van der Waals surface area contributed by atoms with Crippen molar-refractivity contribution in [1.29, 1.82) is 0 Å². The average molecular weight is 342 g/mol. The molecule has 0 amide bonds. The summed E-state index contributed by atoms with van der Waals surface area (Å²) in [6, 6.07) is 6.07. The minimum atomic E-state index is -0.806. The molecule has 0 spiro atoms. The van der Waals surface area contributed by atoms with E-state index in [9.17, 15) is 14.7 Å². The van der Waals surface area contributed by atoms with Crippen LogP contribution in [0.2, 0.25) is 0 Å². The van der Waals surface area contributed by atoms with E-state index in [0.29, 0.717) is 0 Å². The summed E-state index contributed by atoms with van der Waals surface area (Å²) in [6.45, 7) is 1.80. The summed E-state index contributed by atoms with van der Waals surface area (Å²) in [5, 5.41) is 9.60. The van der Waals surface area contributed by atoms with E-state index in [1.165, 1.54) is 12.1 Å². The number of ether oxygens (including phenoxy) is 1. The van der Waals surface area contributed by atoms with Crippen LogP contribution >= 0.6 is 0 Å². The van der Waals surface area contributed by atoms with Crippen molar-refractivity contribution in [3.05, 3.63) is 40.2 Å². The first-order valence-electron chi connectivity index (χ1n) is 5.07. The summed E-state index contributed by atoms with van der Waals surface area (Å²) in [7, 11) is 0. The maximum atomic E-state index is 11.6. The average Bonchev–Trinajstić information content (AvgIpc) is 2.52. The van der Waals surface area contributed by atoms with Crippen molar-refractivity contribution in [2.24, 2.45) is 0 Å². The molecule has 1 aliphatic carbocycles. The Labute approximate surface area is 118 Å². The van der Waals surface area contributed by atoms with Gasteiger partial charge in [-0.15, -0.1) is 0 Å². The fraction of sp³-hybridized carbons (Fsp3) is 0.167. The maximum Gasteiger partial charge on any atom is 0.351 e. The molecular weight excluding hydrogens is 332 g/mol. The van der Waals surface area contributed by atoms with Crippen molar-refractivity contribution in [2.45, 2.75) is 6.92 Å². The van der Waals surface area contributed by atoms with Crippen molar-refractivity contribution in [2.75, 3.05) is 6.61 Å². The molecule has 2 aliphatic rings. The Morgan fingerprint density at radius 2 is 2.06 bits per heavy atom. The van der Waals surface area contributed by atoms with Gasteiger partial charge in [-0.1, -0.05) is 12.1 Å². The molecule has 0 aromatic rings. The summed E-state index contributed by atoms with van der Waals surface area (Å²) in [4.78, 5) is 23.1. The van der Waals surface area contributed by atoms with Crippen LogP contribution in [0.5, 0.6) is 5.75 Å². The third-order valence-electron chi connectivity index (χ3n) is 2.25. The molecule has 1 N–H and O–H groups in total. The number of aromatic hydroxyl groups is 1. The summed E-state index contributed by atoms with van der Waals surface area (Å²) in [6.07, 6.45) is 0. The molecule has 0 fully saturated rings. The van der Waals surface area contributed by atoms with Gasteiger partial charge in [0, 0.05) is 27.9 Å². The van der Waals surface area contributed by atoms with E-state index in [4.69, 9.17) is 9.15 Å². The second-order valence-electron chi connectivity index (χ2n) is 3.33. The quantitative estimate of drug-likeness (QED) is 0.663. The van der Waals surface area contributed by atoms with Gasteiger partial charge in [0.25, 0.3) is 0 Å². The predicted molar refractivity (Wildman–Crippen MR) is 59.2 cm³/mol. The van der Waals surface area contributed by atoms with Crippen molar-refractivity contribution >= 4 is 5.97 Å². The van der Waals surface area contributed by atoms with Crippen LogP contribution in [0.25, 0.3) is 11.3 Å². The Kier molecular flexibility index (Phi) is 4.72. The number of fused-ring (bicyclic) bond motifs is 1. The largest absolute Gasteiger partial charge is 0.504 e. The zero-order valence-corrected chi connectivity index (χ0v) is 10.9. The SMILES string of the molecule is CCOC(=O)c1c2ccccc(O)c-2oc1=O.[Ag]. The van der Waals surface area contributed by atoms with Crippen molar-refractivity contribution in [3.8, 4) is 17.1 Å². The standard InChI is InChI=1S/C12H10O5.Ag/c1-2-16-11(14)9-7-5-3-4-6-8(13)10(7)17-12(9)15;/h3-6,13H,2H2,1H3;. The molecule has 1 aliphatic heterocycles. The Balaban J connectivity index is 0.00000162. The summed E-state index contributed by atoms with van der Waals surface area (Å²) < 4.78 is 9.62. The van der Waals surface area contributed by atoms with Crippen molar-refractivity contribution in [1.82, 2.24) is 0 Å². The molecule has 0 unspecified atom stereocenters. The number of esters is 1. The minimum absolute atomic E-state index is 0. The van der Waals surface area contributed by atoms with Crippen LogP contribution in [0.3, 0.4) is 0 Å². The Morgan fingerprint density at radius 3 is 2.72 bits per heavy atom. The molecule has 1 radical (unpaired) electrons. The molecule has 18 heavy (non-hydrogen) atoms. The van der Waals surface area contributed by atoms with Crippen LogP contribution in [0.15, 0.2) is 33.5 Å². The summed E-state index contributed by atoms with van der Waals surface area (Å²) in [5.41, 5.74) is -0.746. The Hall–Kier alpha value is -1.56. The zero-order valence-electron chi connectivity index (χ0n) is 9.40. The first kappa shape index (κ1) is 14.5. The fourth-order valence-corrected chi connectivity index (χ4v) is 1.54. The molecule has 2 rings (SSSR count). The molecule has 0 atom stereocenters. The molecular formula is C12H10AgO5. The Morgan fingerprint density at radius 1 is 1.39 bits per heavy atom. The third-order valence-corrected chi connectivity index (χ3v) is 2.25. The van der Waals surface area contributed by atoms with Gasteiger partial charge < -0.3 is 14.3 Å². The molecule has 5 nitrogen and oxygen atoms in total. The van der Waals surface area contributed by atoms with Gasteiger partial charge in [0.15, 0.2) is 17.1 Å². The molecule has 99 valence electrons. The van der Waals surface area contributed by atoms with E-state index in [1.54, 1.807) is 19.1 Å². The second kappa shape index (κ2) is 5.86. The molecule has 0 bridgehead atoms. The smallest absolute Gasteiger partial charge is 0.351 e. The first-order valence-corrected chi connectivity index (χ1v) is 5.07. The normalized spacial score (nSPS) is 9.83. The predicted octanol–water partition coefficient (Wildman–Crippen LogP) is 1.62. The number of hydrogen-bond acceptors (Lipinski definition) is 5. The van der Waals surface area contributed by atoms with E-state index < -0.39 is 11.6 Å². The van der Waals surface area contributed by atoms with Crippen molar-refractivity contribution < 1.29 is 41.4 Å². The number of hydrogen-bond donors (Lipinski definition) is 1. The van der Waals surface area contributed by atoms with Crippen molar-refractivity contribution in [3.63, 3.8) is 0 Å². The van der Waals surface area contributed by atoms with E-state index in [2.05, 4.69) is 0 Å². The van der Waals surface area contributed by atoms with Crippen LogP contribution < -0.4 is 5.63 Å². The second-order valence-corrected chi connectivity index (χ2v) is 3.33. The minimum Gasteiger partial charge on any atom is -0.504 e. The fourth-order valence-electron chi connectivity index (χ4n) is 1.54. The van der Waals surface area contributed by atoms with Crippen LogP contribution in [-0.4, -0.2) is 17.7 Å². The number of carbonyl (C=O) groups excluding carboxylic acids is 1. The van der Waals surface area contributed by atoms with Gasteiger partial charge in [0.1, 0.15) is 0 Å². The van der Waals surface area contributed by atoms with Gasteiger partial charge in [-0.2, -0.15) is 0 Å². The number of furan rings is 1. The number of carbonyl (C=O) groups is 1. The van der Waals surface area contributed by atoms with Gasteiger partial charge in [-0.3, -0.25) is 0 Å². The molecule has 0 saturated carbocycles. The van der Waals surface area contributed by atoms with Gasteiger partial charge in [-0.25, -0.2) is 9.59 Å². The summed E-state index contributed by atoms with van der Waals surface area (Å²) in [5.74, 6) is -0.956. The maximum absolute atomic E-state index is 11.6. The number of rotatable bonds is 2. The molecule has 1 heterocycles. The van der Waals surface area contributed by atoms with Crippen LogP contribution in [0, 0.1) is 0 Å². The van der Waals surface area contributed by atoms with Crippen LogP contribution in [-0.2, 0) is 27.1 Å². The van der Waals surface area contributed by atoms with E-state index >= 15 is 0 Å². The summed E-state index contributed by atoms with van der Waals surface area (Å²) >= 11 is 0. The van der Waals surface area contributed by atoms with E-state index in [0.717, 1.165) is 0 Å². The zero-order chi connectivity index (χ0) is 12.4. The topological polar surface area (TPSA) is 76.7 Å². The molecule has 0 aromatic carbocycles.